The highest BCUT2D eigenvalue weighted by Gasteiger charge is 2.26. The van der Waals surface area contributed by atoms with Crippen LogP contribution in [0.2, 0.25) is 0 Å². The topological polar surface area (TPSA) is 66.1 Å². The molecule has 5 nitrogen and oxygen atoms in total. The maximum atomic E-state index is 12.7. The molecule has 0 unspecified atom stereocenters. The van der Waals surface area contributed by atoms with Crippen molar-refractivity contribution in [3.63, 3.8) is 0 Å². The van der Waals surface area contributed by atoms with Crippen LogP contribution in [0.25, 0.3) is 0 Å². The second kappa shape index (κ2) is 8.54. The number of hydrogen-bond acceptors (Lipinski definition) is 4. The van der Waals surface area contributed by atoms with Gasteiger partial charge < -0.3 is 9.88 Å². The molecule has 6 heteroatoms. The van der Waals surface area contributed by atoms with Crippen molar-refractivity contribution in [2.45, 2.75) is 50.2 Å². The highest BCUT2D eigenvalue weighted by Crippen LogP contribution is 2.33. The first-order chi connectivity index (χ1) is 12.6. The summed E-state index contributed by atoms with van der Waals surface area (Å²) in [5, 5.41) is 0.520. The number of benzene rings is 1. The molecule has 1 aromatic carbocycles. The van der Waals surface area contributed by atoms with E-state index in [0.717, 1.165) is 37.8 Å². The minimum atomic E-state index is -0.159. The highest BCUT2D eigenvalue weighted by atomic mass is 32.2. The van der Waals surface area contributed by atoms with E-state index in [9.17, 15) is 9.59 Å². The first-order valence-corrected chi connectivity index (χ1v) is 10.1. The third kappa shape index (κ3) is 4.36. The lowest BCUT2D eigenvalue weighted by Gasteiger charge is -2.33. The summed E-state index contributed by atoms with van der Waals surface area (Å²) >= 11 is 1.30. The number of H-pyrrole nitrogens is 1. The molecule has 1 amide bonds. The lowest BCUT2D eigenvalue weighted by molar-refractivity contribution is -0.129. The van der Waals surface area contributed by atoms with E-state index >= 15 is 0 Å². The van der Waals surface area contributed by atoms with Crippen LogP contribution in [0.5, 0.6) is 0 Å². The van der Waals surface area contributed by atoms with Crippen molar-refractivity contribution in [2.24, 2.45) is 0 Å². The summed E-state index contributed by atoms with van der Waals surface area (Å²) in [5.41, 5.74) is 3.22. The molecule has 1 N–H and O–H groups in total. The number of nitrogens with one attached hydrogen (secondary N) is 1. The minimum Gasteiger partial charge on any atom is -0.338 e. The zero-order chi connectivity index (χ0) is 18.5. The Bertz CT molecular complexity index is 834. The van der Waals surface area contributed by atoms with E-state index < -0.39 is 0 Å². The molecule has 1 aromatic heterocycles. The largest absolute Gasteiger partial charge is 0.338 e. The lowest BCUT2D eigenvalue weighted by Crippen LogP contribution is -2.34. The molecule has 26 heavy (non-hydrogen) atoms. The third-order valence-corrected chi connectivity index (χ3v) is 5.67. The van der Waals surface area contributed by atoms with Crippen molar-refractivity contribution < 1.29 is 4.79 Å². The third-order valence-electron chi connectivity index (χ3n) is 4.81. The predicted molar refractivity (Wildman–Crippen MR) is 104 cm³/mol. The number of carbonyl (C=O) groups is 1. The van der Waals surface area contributed by atoms with Crippen LogP contribution < -0.4 is 5.56 Å². The fourth-order valence-corrected chi connectivity index (χ4v) is 4.29. The average molecular weight is 372 g/mol. The number of aryl methyl sites for hydroxylation is 2. The van der Waals surface area contributed by atoms with Crippen LogP contribution in [0.4, 0.5) is 0 Å². The molecule has 0 bridgehead atoms. The molecule has 0 aliphatic heterocycles. The molecule has 1 aliphatic rings. The fourth-order valence-electron chi connectivity index (χ4n) is 3.47. The van der Waals surface area contributed by atoms with Crippen molar-refractivity contribution >= 4 is 17.7 Å². The number of amides is 1. The van der Waals surface area contributed by atoms with Gasteiger partial charge in [0.25, 0.3) is 5.56 Å². The number of nitrogens with zero attached hydrogens (tertiary/aromatic N) is 2. The van der Waals surface area contributed by atoms with E-state index in [1.165, 1.54) is 29.0 Å². The fraction of sp³-hybridized carbons (Fsp3) is 0.450. The van der Waals surface area contributed by atoms with Gasteiger partial charge in [0.1, 0.15) is 0 Å². The summed E-state index contributed by atoms with van der Waals surface area (Å²) in [5.74, 6) is 0.327. The monoisotopic (exact) mass is 371 g/mol. The zero-order valence-electron chi connectivity index (χ0n) is 15.3. The number of rotatable bonds is 6. The van der Waals surface area contributed by atoms with Crippen LogP contribution in [0.3, 0.4) is 0 Å². The molecule has 0 saturated carbocycles. The molecule has 1 heterocycles. The summed E-state index contributed by atoms with van der Waals surface area (Å²) in [4.78, 5) is 33.5. The second-order valence-corrected chi connectivity index (χ2v) is 7.66. The van der Waals surface area contributed by atoms with Crippen LogP contribution in [0, 0.1) is 0 Å². The molecular formula is C20H25N3O2S. The molecule has 0 saturated heterocycles. The van der Waals surface area contributed by atoms with Gasteiger partial charge in [-0.2, -0.15) is 0 Å². The average Bonchev–Trinajstić information content (AvgIpc) is 2.65. The molecule has 2 aromatic rings. The first-order valence-electron chi connectivity index (χ1n) is 9.15. The van der Waals surface area contributed by atoms with Gasteiger partial charge in [0.05, 0.1) is 11.8 Å². The molecular weight excluding hydrogens is 346 g/mol. The lowest BCUT2D eigenvalue weighted by atomic mass is 9.87. The van der Waals surface area contributed by atoms with Crippen LogP contribution in [0.15, 0.2) is 40.3 Å². The Morgan fingerprint density at radius 1 is 1.38 bits per heavy atom. The normalized spacial score (nSPS) is 16.2. The van der Waals surface area contributed by atoms with Crippen LogP contribution in [-0.4, -0.2) is 33.6 Å². The maximum Gasteiger partial charge on any atom is 0.251 e. The SMILES string of the molecule is CCCc1cc(=O)[nH]c(SCC(=O)N(C)[C@H]2CCCc3ccccc32)n1. The molecule has 1 aliphatic carbocycles. The van der Waals surface area contributed by atoms with E-state index in [-0.39, 0.29) is 23.3 Å². The molecule has 1 atom stereocenters. The standard InChI is InChI=1S/C20H25N3O2S/c1-3-7-15-12-18(24)22-20(21-15)26-13-19(25)23(2)17-11-6-9-14-8-4-5-10-16(14)17/h4-5,8,10,12,17H,3,6-7,9,11,13H2,1-2H3,(H,21,22,24)/t17-/m0/s1. The van der Waals surface area contributed by atoms with Gasteiger partial charge in [-0.25, -0.2) is 4.98 Å². The van der Waals surface area contributed by atoms with Crippen LogP contribution in [0.1, 0.15) is 49.0 Å². The van der Waals surface area contributed by atoms with Gasteiger partial charge in [0.15, 0.2) is 5.16 Å². The predicted octanol–water partition coefficient (Wildman–Crippen LogP) is 3.35. The van der Waals surface area contributed by atoms with Gasteiger partial charge in [-0.15, -0.1) is 0 Å². The number of fused-ring (bicyclic) bond motifs is 1. The van der Waals surface area contributed by atoms with Gasteiger partial charge in [-0.1, -0.05) is 49.4 Å². The van der Waals surface area contributed by atoms with E-state index in [2.05, 4.69) is 35.1 Å². The van der Waals surface area contributed by atoms with Gasteiger partial charge >= 0.3 is 0 Å². The quantitative estimate of drug-likeness (QED) is 0.625. The summed E-state index contributed by atoms with van der Waals surface area (Å²) < 4.78 is 0. The van der Waals surface area contributed by atoms with E-state index in [1.807, 2.05) is 18.0 Å². The van der Waals surface area contributed by atoms with Gasteiger partial charge in [0.2, 0.25) is 5.91 Å². The molecule has 3 rings (SSSR count). The Kier molecular flexibility index (Phi) is 6.14. The van der Waals surface area contributed by atoms with Gasteiger partial charge in [-0.05, 0) is 36.8 Å². The summed E-state index contributed by atoms with van der Waals surface area (Å²) in [6, 6.07) is 10.0. The van der Waals surface area contributed by atoms with E-state index in [0.29, 0.717) is 5.16 Å². The smallest absolute Gasteiger partial charge is 0.251 e. The van der Waals surface area contributed by atoms with Crippen molar-refractivity contribution in [3.8, 4) is 0 Å². The van der Waals surface area contributed by atoms with Crippen molar-refractivity contribution in [1.29, 1.82) is 0 Å². The van der Waals surface area contributed by atoms with Crippen molar-refractivity contribution in [2.75, 3.05) is 12.8 Å². The Morgan fingerprint density at radius 3 is 3.00 bits per heavy atom. The van der Waals surface area contributed by atoms with Gasteiger partial charge in [0, 0.05) is 18.8 Å². The summed E-state index contributed by atoms with van der Waals surface area (Å²) in [6.07, 6.45) is 4.87. The second-order valence-electron chi connectivity index (χ2n) is 6.69. The Hall–Kier alpha value is -2.08. The van der Waals surface area contributed by atoms with Crippen LogP contribution in [-0.2, 0) is 17.6 Å². The summed E-state index contributed by atoms with van der Waals surface area (Å²) in [6.45, 7) is 2.05. The molecule has 0 radical (unpaired) electrons. The minimum absolute atomic E-state index is 0.0558. The highest BCUT2D eigenvalue weighted by molar-refractivity contribution is 7.99. The van der Waals surface area contributed by atoms with Crippen LogP contribution >= 0.6 is 11.8 Å². The molecule has 138 valence electrons. The van der Waals surface area contributed by atoms with Gasteiger partial charge in [-0.3, -0.25) is 9.59 Å². The Morgan fingerprint density at radius 2 is 2.19 bits per heavy atom. The number of carbonyl (C=O) groups excluding carboxylic acids is 1. The van der Waals surface area contributed by atoms with Crippen molar-refractivity contribution in [1.82, 2.24) is 14.9 Å². The summed E-state index contributed by atoms with van der Waals surface area (Å²) in [7, 11) is 1.87. The number of aromatic nitrogens is 2. The molecule has 0 spiro atoms. The number of aromatic amines is 1. The number of thioether (sulfide) groups is 1. The zero-order valence-corrected chi connectivity index (χ0v) is 16.1. The Labute approximate surface area is 158 Å². The Balaban J connectivity index is 1.66. The first kappa shape index (κ1) is 18.7. The molecule has 0 fully saturated rings. The van der Waals surface area contributed by atoms with E-state index in [4.69, 9.17) is 0 Å². The maximum absolute atomic E-state index is 12.7. The van der Waals surface area contributed by atoms with E-state index in [1.54, 1.807) is 0 Å². The number of hydrogen-bond donors (Lipinski definition) is 1. The van der Waals surface area contributed by atoms with Crippen molar-refractivity contribution in [3.05, 3.63) is 57.5 Å².